The van der Waals surface area contributed by atoms with Crippen LogP contribution in [0.15, 0.2) is 42.0 Å². The Balaban J connectivity index is 2.26. The normalized spacial score (nSPS) is 10.7. The van der Waals surface area contributed by atoms with Crippen molar-refractivity contribution in [3.05, 3.63) is 47.3 Å². The molecular formula is C13H10N4O. The van der Waals surface area contributed by atoms with Gasteiger partial charge in [-0.15, -0.1) is 4.91 Å². The molecule has 88 valence electrons. The highest BCUT2D eigenvalue weighted by atomic mass is 16.3. The maximum atomic E-state index is 10.8. The molecule has 0 fully saturated rings. The number of fused-ring (bicyclic) bond motifs is 1. The van der Waals surface area contributed by atoms with Gasteiger partial charge in [0, 0.05) is 17.8 Å². The Bertz CT molecular complexity index is 718. The van der Waals surface area contributed by atoms with E-state index in [1.54, 1.807) is 24.7 Å². The number of aromatic amines is 1. The SMILES string of the molecule is Cc1cc(N=O)c2[nH]c(-c3cnccn3)cc2c1. The molecule has 0 radical (unpaired) electrons. The minimum atomic E-state index is 0.417. The van der Waals surface area contributed by atoms with Gasteiger partial charge >= 0.3 is 0 Å². The highest BCUT2D eigenvalue weighted by molar-refractivity contribution is 5.93. The smallest absolute Gasteiger partial charge is 0.132 e. The van der Waals surface area contributed by atoms with Gasteiger partial charge in [0.25, 0.3) is 0 Å². The van der Waals surface area contributed by atoms with Crippen molar-refractivity contribution in [1.82, 2.24) is 15.0 Å². The van der Waals surface area contributed by atoms with E-state index in [1.807, 2.05) is 19.1 Å². The minimum Gasteiger partial charge on any atom is -0.351 e. The third-order valence-electron chi connectivity index (χ3n) is 2.79. The van der Waals surface area contributed by atoms with Gasteiger partial charge in [0.1, 0.15) is 11.4 Å². The number of benzene rings is 1. The van der Waals surface area contributed by atoms with Crippen LogP contribution in [0.25, 0.3) is 22.3 Å². The monoisotopic (exact) mass is 238 g/mol. The van der Waals surface area contributed by atoms with E-state index in [1.165, 1.54) is 0 Å². The van der Waals surface area contributed by atoms with Crippen molar-refractivity contribution >= 4 is 16.6 Å². The molecule has 1 aromatic carbocycles. The molecule has 0 saturated carbocycles. The molecule has 0 aliphatic carbocycles. The Morgan fingerprint density at radius 3 is 2.83 bits per heavy atom. The average molecular weight is 238 g/mol. The van der Waals surface area contributed by atoms with Gasteiger partial charge in [-0.25, -0.2) is 0 Å². The lowest BCUT2D eigenvalue weighted by Gasteiger charge is -1.96. The fourth-order valence-corrected chi connectivity index (χ4v) is 2.02. The molecule has 0 aliphatic rings. The van der Waals surface area contributed by atoms with Gasteiger partial charge < -0.3 is 4.98 Å². The van der Waals surface area contributed by atoms with Crippen molar-refractivity contribution in [1.29, 1.82) is 0 Å². The van der Waals surface area contributed by atoms with Crippen LogP contribution in [-0.2, 0) is 0 Å². The second-order valence-corrected chi connectivity index (χ2v) is 4.11. The summed E-state index contributed by atoms with van der Waals surface area (Å²) in [4.78, 5) is 22.2. The van der Waals surface area contributed by atoms with Crippen LogP contribution in [0.3, 0.4) is 0 Å². The predicted molar refractivity (Wildman–Crippen MR) is 69.5 cm³/mol. The summed E-state index contributed by atoms with van der Waals surface area (Å²) in [5, 5.41) is 4.00. The molecule has 0 aliphatic heterocycles. The zero-order valence-corrected chi connectivity index (χ0v) is 9.71. The molecule has 5 heteroatoms. The summed E-state index contributed by atoms with van der Waals surface area (Å²) in [6, 6.07) is 5.70. The molecule has 3 rings (SSSR count). The van der Waals surface area contributed by atoms with Crippen LogP contribution >= 0.6 is 0 Å². The molecule has 0 bridgehead atoms. The predicted octanol–water partition coefficient (Wildman–Crippen LogP) is 3.33. The summed E-state index contributed by atoms with van der Waals surface area (Å²) >= 11 is 0. The van der Waals surface area contributed by atoms with Crippen LogP contribution in [0.2, 0.25) is 0 Å². The topological polar surface area (TPSA) is 71.0 Å². The molecule has 18 heavy (non-hydrogen) atoms. The minimum absolute atomic E-state index is 0.417. The molecule has 0 spiro atoms. The zero-order valence-electron chi connectivity index (χ0n) is 9.71. The van der Waals surface area contributed by atoms with Crippen LogP contribution < -0.4 is 0 Å². The third-order valence-corrected chi connectivity index (χ3v) is 2.79. The first-order chi connectivity index (χ1) is 8.78. The van der Waals surface area contributed by atoms with Crippen LogP contribution in [0.1, 0.15) is 5.56 Å². The van der Waals surface area contributed by atoms with Crippen molar-refractivity contribution in [3.8, 4) is 11.4 Å². The van der Waals surface area contributed by atoms with E-state index in [4.69, 9.17) is 0 Å². The molecule has 1 N–H and O–H groups in total. The lowest BCUT2D eigenvalue weighted by atomic mass is 10.1. The van der Waals surface area contributed by atoms with Gasteiger partial charge in [-0.05, 0) is 35.9 Å². The number of H-pyrrole nitrogens is 1. The molecule has 0 amide bonds. The van der Waals surface area contributed by atoms with E-state index in [-0.39, 0.29) is 0 Å². The van der Waals surface area contributed by atoms with E-state index in [0.717, 1.165) is 27.9 Å². The van der Waals surface area contributed by atoms with Gasteiger partial charge in [0.15, 0.2) is 0 Å². The zero-order chi connectivity index (χ0) is 12.5. The van der Waals surface area contributed by atoms with Gasteiger partial charge in [-0.3, -0.25) is 9.97 Å². The first kappa shape index (κ1) is 10.6. The van der Waals surface area contributed by atoms with E-state index >= 15 is 0 Å². The summed E-state index contributed by atoms with van der Waals surface area (Å²) in [5.74, 6) is 0. The average Bonchev–Trinajstić information content (AvgIpc) is 2.82. The summed E-state index contributed by atoms with van der Waals surface area (Å²) in [7, 11) is 0. The number of nitrogens with one attached hydrogen (secondary N) is 1. The number of hydrogen-bond acceptors (Lipinski definition) is 4. The Kier molecular flexibility index (Phi) is 2.37. The van der Waals surface area contributed by atoms with Crippen LogP contribution in [0, 0.1) is 11.8 Å². The lowest BCUT2D eigenvalue weighted by Crippen LogP contribution is -1.83. The van der Waals surface area contributed by atoms with E-state index in [2.05, 4.69) is 20.1 Å². The Morgan fingerprint density at radius 1 is 1.22 bits per heavy atom. The standard InChI is InChI=1S/C13H10N4O/c1-8-4-9-6-10(12-7-14-2-3-15-12)16-13(9)11(5-8)17-18/h2-7,16H,1H3. The van der Waals surface area contributed by atoms with Crippen molar-refractivity contribution in [2.24, 2.45) is 5.18 Å². The molecule has 2 aromatic heterocycles. The third kappa shape index (κ3) is 1.66. The molecule has 2 heterocycles. The summed E-state index contributed by atoms with van der Waals surface area (Å²) in [6.45, 7) is 1.93. The van der Waals surface area contributed by atoms with E-state index in [9.17, 15) is 4.91 Å². The first-order valence-electron chi connectivity index (χ1n) is 5.51. The maximum Gasteiger partial charge on any atom is 0.132 e. The summed E-state index contributed by atoms with van der Waals surface area (Å²) in [5.41, 5.74) is 3.72. The van der Waals surface area contributed by atoms with Gasteiger partial charge in [-0.2, -0.15) is 0 Å². The highest BCUT2D eigenvalue weighted by Crippen LogP contribution is 2.30. The number of nitroso groups, excluding NO2 is 1. The number of nitrogens with zero attached hydrogens (tertiary/aromatic N) is 3. The quantitative estimate of drug-likeness (QED) is 0.696. The number of rotatable bonds is 2. The van der Waals surface area contributed by atoms with Gasteiger partial charge in [0.05, 0.1) is 17.4 Å². The van der Waals surface area contributed by atoms with Crippen molar-refractivity contribution in [3.63, 3.8) is 0 Å². The number of aryl methyl sites for hydroxylation is 1. The van der Waals surface area contributed by atoms with Crippen molar-refractivity contribution in [2.75, 3.05) is 0 Å². The van der Waals surface area contributed by atoms with Crippen molar-refractivity contribution < 1.29 is 0 Å². The summed E-state index contributed by atoms with van der Waals surface area (Å²) < 4.78 is 0. The Morgan fingerprint density at radius 2 is 2.11 bits per heavy atom. The number of hydrogen-bond donors (Lipinski definition) is 1. The Hall–Kier alpha value is -2.56. The first-order valence-corrected chi connectivity index (χ1v) is 5.51. The number of aromatic nitrogens is 3. The fraction of sp³-hybridized carbons (Fsp3) is 0.0769. The second kappa shape index (κ2) is 4.03. The molecular weight excluding hydrogens is 228 g/mol. The van der Waals surface area contributed by atoms with Crippen LogP contribution in [0.5, 0.6) is 0 Å². The van der Waals surface area contributed by atoms with Crippen molar-refractivity contribution in [2.45, 2.75) is 6.92 Å². The van der Waals surface area contributed by atoms with Crippen LogP contribution in [-0.4, -0.2) is 15.0 Å². The highest BCUT2D eigenvalue weighted by Gasteiger charge is 2.09. The van der Waals surface area contributed by atoms with E-state index in [0.29, 0.717) is 5.69 Å². The lowest BCUT2D eigenvalue weighted by molar-refractivity contribution is 1.19. The molecule has 3 aromatic rings. The second-order valence-electron chi connectivity index (χ2n) is 4.11. The molecule has 0 atom stereocenters. The van der Waals surface area contributed by atoms with Crippen LogP contribution in [0.4, 0.5) is 5.69 Å². The molecule has 0 saturated heterocycles. The maximum absolute atomic E-state index is 10.8. The Labute approximate surface area is 103 Å². The molecule has 0 unspecified atom stereocenters. The van der Waals surface area contributed by atoms with Gasteiger partial charge in [-0.1, -0.05) is 0 Å². The fourth-order valence-electron chi connectivity index (χ4n) is 2.02. The largest absolute Gasteiger partial charge is 0.351 e. The molecule has 5 nitrogen and oxygen atoms in total. The van der Waals surface area contributed by atoms with E-state index < -0.39 is 0 Å². The summed E-state index contributed by atoms with van der Waals surface area (Å²) in [6.07, 6.45) is 4.92. The van der Waals surface area contributed by atoms with Gasteiger partial charge in [0.2, 0.25) is 0 Å².